The number of para-hydroxylation sites is 1. The first-order valence-corrected chi connectivity index (χ1v) is 20.3. The van der Waals surface area contributed by atoms with Crippen molar-refractivity contribution >= 4 is 29.4 Å². The minimum atomic E-state index is -4.69. The van der Waals surface area contributed by atoms with Gasteiger partial charge in [-0.05, 0) is 43.9 Å². The van der Waals surface area contributed by atoms with Gasteiger partial charge in [0, 0.05) is 82.1 Å². The Bertz CT molecular complexity index is 1750. The van der Waals surface area contributed by atoms with Crippen molar-refractivity contribution in [3.8, 4) is 0 Å². The van der Waals surface area contributed by atoms with Crippen LogP contribution in [0.1, 0.15) is 63.2 Å². The highest BCUT2D eigenvalue weighted by Gasteiger charge is 2.92. The van der Waals surface area contributed by atoms with Crippen LogP contribution in [0.2, 0.25) is 0 Å². The summed E-state index contributed by atoms with van der Waals surface area (Å²) in [5.74, 6) is -3.74. The SMILES string of the molecule is CCN1C[C@]2(COC(=O)c3ccccc3N3C(=O)CC(C)C3=O)CC[C@H](OC)[C@]34C5C[C@@H]6[C@@H](OC)C[C@@](O)(C5[C@H]6OC(C)=O)[C@@](O)(C13)[C@@H](OC)C24.[O-][Cl+3]([O-])([O-])O. The third-order valence-electron chi connectivity index (χ3n) is 14.6. The van der Waals surface area contributed by atoms with Gasteiger partial charge in [-0.1, -0.05) is 26.0 Å². The first kappa shape index (κ1) is 41.4. The number of likely N-dealkylation sites (N-methyl/N-ethyl adjacent to an activating group) is 1. The van der Waals surface area contributed by atoms with E-state index in [4.69, 9.17) is 42.3 Å². The van der Waals surface area contributed by atoms with Crippen molar-refractivity contribution < 1.29 is 82.0 Å². The number of halogens is 1. The molecule has 310 valence electrons. The summed E-state index contributed by atoms with van der Waals surface area (Å²) in [5.41, 5.74) is -4.72. The van der Waals surface area contributed by atoms with E-state index >= 15 is 0 Å². The summed E-state index contributed by atoms with van der Waals surface area (Å²) < 4.78 is 63.9. The van der Waals surface area contributed by atoms with E-state index in [1.165, 1.54) is 6.92 Å². The lowest BCUT2D eigenvalue weighted by molar-refractivity contribution is -1.92. The molecule has 1 spiro atoms. The zero-order chi connectivity index (χ0) is 40.9. The van der Waals surface area contributed by atoms with Crippen molar-refractivity contribution in [1.82, 2.24) is 4.90 Å². The van der Waals surface area contributed by atoms with E-state index in [9.17, 15) is 29.4 Å². The third-order valence-corrected chi connectivity index (χ3v) is 14.6. The lowest BCUT2D eigenvalue weighted by atomic mass is 9.42. The lowest BCUT2D eigenvalue weighted by Gasteiger charge is -2.70. The van der Waals surface area contributed by atoms with E-state index in [1.807, 2.05) is 6.92 Å². The number of likely N-dealkylation sites (tertiary alicyclic amines) is 1. The monoisotopic (exact) mass is 810 g/mol. The topological polar surface area (TPSA) is 251 Å². The second-order valence-electron chi connectivity index (χ2n) is 16.7. The summed E-state index contributed by atoms with van der Waals surface area (Å²) >= 11 is 0. The largest absolute Gasteiger partial charge is 0.462 e. The molecule has 7 aliphatic rings. The molecule has 17 nitrogen and oxygen atoms in total. The normalized spacial score (nSPS) is 43.3. The molecule has 14 atom stereocenters. The third kappa shape index (κ3) is 5.64. The van der Waals surface area contributed by atoms with Gasteiger partial charge in [-0.25, -0.2) is 9.69 Å². The predicted octanol–water partition coefficient (Wildman–Crippen LogP) is -2.17. The van der Waals surface area contributed by atoms with Gasteiger partial charge >= 0.3 is 11.9 Å². The molecule has 0 aromatic heterocycles. The highest BCUT2D eigenvalue weighted by Crippen LogP contribution is 2.80. The summed E-state index contributed by atoms with van der Waals surface area (Å²) in [6, 6.07) is 5.95. The molecular formula is C38H51ClN2O15. The van der Waals surface area contributed by atoms with Gasteiger partial charge in [0.15, 0.2) is 0 Å². The average Bonchev–Trinajstić information content (AvgIpc) is 3.64. The molecule has 7 bridgehead atoms. The minimum Gasteiger partial charge on any atom is -0.462 e. The Balaban J connectivity index is 0.000000905. The highest BCUT2D eigenvalue weighted by molar-refractivity contribution is 6.22. The molecule has 8 rings (SSSR count). The molecule has 2 aliphatic heterocycles. The Morgan fingerprint density at radius 2 is 1.73 bits per heavy atom. The number of anilines is 1. The number of carbonyl (C=O) groups is 4. The second kappa shape index (κ2) is 14.2. The summed E-state index contributed by atoms with van der Waals surface area (Å²) in [6.07, 6.45) is -0.303. The zero-order valence-corrected chi connectivity index (χ0v) is 33.0. The number of piperidine rings is 1. The van der Waals surface area contributed by atoms with Gasteiger partial charge in [0.2, 0.25) is 11.8 Å². The Labute approximate surface area is 326 Å². The first-order chi connectivity index (χ1) is 26.3. The number of benzene rings is 1. The van der Waals surface area contributed by atoms with E-state index in [2.05, 4.69) is 4.90 Å². The lowest BCUT2D eigenvalue weighted by Crippen LogP contribution is -2.82. The van der Waals surface area contributed by atoms with Crippen LogP contribution in [0.25, 0.3) is 0 Å². The van der Waals surface area contributed by atoms with E-state index in [0.717, 1.165) is 4.90 Å². The van der Waals surface area contributed by atoms with Crippen LogP contribution in [0.3, 0.4) is 0 Å². The maximum absolute atomic E-state index is 14.1. The van der Waals surface area contributed by atoms with E-state index in [0.29, 0.717) is 32.4 Å². The van der Waals surface area contributed by atoms with Crippen molar-refractivity contribution in [3.63, 3.8) is 0 Å². The molecular weight excluding hydrogens is 760 g/mol. The smallest absolute Gasteiger partial charge is 0.340 e. The Kier molecular flexibility index (Phi) is 10.5. The Morgan fingerprint density at radius 1 is 1.05 bits per heavy atom. The number of imide groups is 1. The van der Waals surface area contributed by atoms with Gasteiger partial charge in [0.05, 0.1) is 57.1 Å². The summed E-state index contributed by atoms with van der Waals surface area (Å²) in [5, 5.41) is 26.7. The molecule has 18 heteroatoms. The van der Waals surface area contributed by atoms with Crippen LogP contribution in [-0.4, -0.2) is 126 Å². The maximum atomic E-state index is 14.1. The number of esters is 2. The number of methoxy groups -OCH3 is 3. The highest BCUT2D eigenvalue weighted by atomic mass is 35.7. The number of ether oxygens (including phenoxy) is 5. The standard InChI is InChI=1S/C38H50N2O11.ClHO4/c1-7-39-17-35(18-50-33(44)21-10-8-9-11-24(21)40-27(42)14-19(2)32(40)43)13-12-26(48-5)37-23-15-22-25(47-4)16-36(45,28(23)29(22)51-20(3)41)38(46,34(37)39)31(49-6)30(35)37;2-1(3,4)5/h8-11,19,22-23,25-26,28-31,34,45-46H,7,12-18H2,1-6H3;(H,2,3,4,5)/t19?,22-,23?,25+,26+,28?,29+,30?,31+,34?,35+,36-,37+,38+;/m1./s1. The molecule has 2 saturated heterocycles. The van der Waals surface area contributed by atoms with Crippen LogP contribution in [0.15, 0.2) is 24.3 Å². The Hall–Kier alpha value is -2.81. The summed E-state index contributed by atoms with van der Waals surface area (Å²) in [4.78, 5) is 55.9. The Morgan fingerprint density at radius 3 is 2.30 bits per heavy atom. The predicted molar refractivity (Wildman–Crippen MR) is 181 cm³/mol. The maximum Gasteiger partial charge on any atom is 0.340 e. The van der Waals surface area contributed by atoms with Gasteiger partial charge in [0.1, 0.15) is 17.3 Å². The quantitative estimate of drug-likeness (QED) is 0.177. The summed E-state index contributed by atoms with van der Waals surface area (Å²) in [6.45, 7) is 6.10. The second-order valence-corrected chi connectivity index (χ2v) is 17.5. The molecule has 2 amide bonds. The van der Waals surface area contributed by atoms with Crippen molar-refractivity contribution in [3.05, 3.63) is 29.8 Å². The van der Waals surface area contributed by atoms with Gasteiger partial charge in [-0.15, -0.1) is 0 Å². The minimum absolute atomic E-state index is 0.0201. The van der Waals surface area contributed by atoms with Crippen molar-refractivity contribution in [2.24, 2.45) is 40.4 Å². The number of nitrogens with zero attached hydrogens (tertiary/aromatic N) is 2. The van der Waals surface area contributed by atoms with Gasteiger partial charge in [0.25, 0.3) is 0 Å². The van der Waals surface area contributed by atoms with E-state index in [-0.39, 0.29) is 60.5 Å². The van der Waals surface area contributed by atoms with Gasteiger partial charge in [-0.3, -0.25) is 19.3 Å². The zero-order valence-electron chi connectivity index (χ0n) is 32.3. The fraction of sp³-hybridized carbons (Fsp3) is 0.737. The first-order valence-electron chi connectivity index (χ1n) is 19.0. The number of amides is 2. The van der Waals surface area contributed by atoms with Crippen LogP contribution in [-0.2, 0) is 38.1 Å². The van der Waals surface area contributed by atoms with Crippen molar-refractivity contribution in [2.45, 2.75) is 94.5 Å². The van der Waals surface area contributed by atoms with E-state index in [1.54, 1.807) is 52.5 Å². The molecule has 5 aliphatic carbocycles. The molecule has 1 aromatic rings. The number of carbonyl (C=O) groups excluding carboxylic acids is 4. The van der Waals surface area contributed by atoms with Gasteiger partial charge < -0.3 is 33.9 Å². The van der Waals surface area contributed by atoms with Crippen molar-refractivity contribution in [2.75, 3.05) is 45.9 Å². The molecule has 1 aromatic carbocycles. The summed E-state index contributed by atoms with van der Waals surface area (Å²) in [7, 11) is 0.158. The number of rotatable bonds is 9. The van der Waals surface area contributed by atoms with Crippen LogP contribution in [0.4, 0.5) is 5.69 Å². The molecule has 2 heterocycles. The van der Waals surface area contributed by atoms with Crippen LogP contribution in [0, 0.1) is 50.7 Å². The molecule has 56 heavy (non-hydrogen) atoms. The number of hydrogen-bond acceptors (Lipinski definition) is 16. The average molecular weight is 811 g/mol. The van der Waals surface area contributed by atoms with Crippen LogP contribution in [0.5, 0.6) is 0 Å². The number of aliphatic hydroxyl groups is 2. The number of fused-ring (bicyclic) bond motifs is 2. The molecule has 7 fully saturated rings. The van der Waals surface area contributed by atoms with Crippen LogP contribution < -0.4 is 18.9 Å². The number of hydrogen-bond donors (Lipinski definition) is 3. The molecule has 5 unspecified atom stereocenters. The molecule has 5 saturated carbocycles. The van der Waals surface area contributed by atoms with Crippen LogP contribution >= 0.6 is 0 Å². The van der Waals surface area contributed by atoms with E-state index < -0.39 is 86.3 Å². The van der Waals surface area contributed by atoms with Gasteiger partial charge in [-0.2, -0.15) is 14.0 Å². The fourth-order valence-corrected chi connectivity index (χ4v) is 13.2. The molecule has 0 radical (unpaired) electrons. The fourth-order valence-electron chi connectivity index (χ4n) is 13.2. The molecule has 3 N–H and O–H groups in total. The van der Waals surface area contributed by atoms with Crippen molar-refractivity contribution in [1.29, 1.82) is 0 Å².